The van der Waals surface area contributed by atoms with Crippen LogP contribution in [0.2, 0.25) is 5.02 Å². The number of aliphatic hydroxyl groups is 1. The van der Waals surface area contributed by atoms with Gasteiger partial charge in [-0.05, 0) is 31.7 Å². The first-order chi connectivity index (χ1) is 8.56. The molecule has 3 rings (SSSR count). The number of hydrogen-bond acceptors (Lipinski definition) is 3. The van der Waals surface area contributed by atoms with E-state index in [1.165, 1.54) is 6.07 Å². The highest BCUT2D eigenvalue weighted by Crippen LogP contribution is 2.42. The fourth-order valence-corrected chi connectivity index (χ4v) is 3.47. The minimum Gasteiger partial charge on any atom is -0.397 e. The maximum atomic E-state index is 13.3. The SMILES string of the molecule is Nc1cc(F)c(Cl)cc1N1C2CCC1CC(O)C2. The van der Waals surface area contributed by atoms with Gasteiger partial charge in [0.2, 0.25) is 0 Å². The Morgan fingerprint density at radius 3 is 2.50 bits per heavy atom. The van der Waals surface area contributed by atoms with E-state index in [4.69, 9.17) is 17.3 Å². The zero-order valence-corrected chi connectivity index (χ0v) is 10.7. The van der Waals surface area contributed by atoms with Crippen LogP contribution in [0.4, 0.5) is 15.8 Å². The van der Waals surface area contributed by atoms with Gasteiger partial charge in [-0.1, -0.05) is 11.6 Å². The van der Waals surface area contributed by atoms with E-state index < -0.39 is 5.82 Å². The summed E-state index contributed by atoms with van der Waals surface area (Å²) in [4.78, 5) is 2.22. The minimum absolute atomic E-state index is 0.102. The molecule has 0 saturated carbocycles. The van der Waals surface area contributed by atoms with Crippen molar-refractivity contribution >= 4 is 23.0 Å². The lowest BCUT2D eigenvalue weighted by molar-refractivity contribution is 0.126. The third kappa shape index (κ3) is 1.84. The molecule has 0 aliphatic carbocycles. The maximum Gasteiger partial charge on any atom is 0.143 e. The summed E-state index contributed by atoms with van der Waals surface area (Å²) >= 11 is 5.84. The van der Waals surface area contributed by atoms with E-state index in [1.54, 1.807) is 6.07 Å². The molecule has 3 nitrogen and oxygen atoms in total. The molecule has 2 fully saturated rings. The Hall–Kier alpha value is -1.00. The van der Waals surface area contributed by atoms with Gasteiger partial charge in [0.25, 0.3) is 0 Å². The van der Waals surface area contributed by atoms with Gasteiger partial charge in [0.1, 0.15) is 5.82 Å². The van der Waals surface area contributed by atoms with Crippen LogP contribution in [0.1, 0.15) is 25.7 Å². The van der Waals surface area contributed by atoms with Crippen molar-refractivity contribution in [2.75, 3.05) is 10.6 Å². The van der Waals surface area contributed by atoms with Crippen LogP contribution < -0.4 is 10.6 Å². The number of fused-ring (bicyclic) bond motifs is 2. The van der Waals surface area contributed by atoms with Crippen LogP contribution in [0.25, 0.3) is 0 Å². The fourth-order valence-electron chi connectivity index (χ4n) is 3.32. The summed E-state index contributed by atoms with van der Waals surface area (Å²) in [5.41, 5.74) is 7.13. The van der Waals surface area contributed by atoms with E-state index >= 15 is 0 Å². The van der Waals surface area contributed by atoms with Crippen molar-refractivity contribution in [2.45, 2.75) is 43.9 Å². The van der Waals surface area contributed by atoms with Gasteiger partial charge in [-0.15, -0.1) is 0 Å². The highest BCUT2D eigenvalue weighted by molar-refractivity contribution is 6.31. The molecular weight excluding hydrogens is 255 g/mol. The molecule has 98 valence electrons. The molecule has 0 aromatic heterocycles. The first-order valence-corrected chi connectivity index (χ1v) is 6.65. The van der Waals surface area contributed by atoms with Crippen molar-refractivity contribution in [1.82, 2.24) is 0 Å². The number of aliphatic hydroxyl groups excluding tert-OH is 1. The molecule has 1 aromatic carbocycles. The lowest BCUT2D eigenvalue weighted by Gasteiger charge is -2.39. The molecule has 5 heteroatoms. The Kier molecular flexibility index (Phi) is 2.87. The Balaban J connectivity index is 1.98. The summed E-state index contributed by atoms with van der Waals surface area (Å²) < 4.78 is 13.3. The van der Waals surface area contributed by atoms with Crippen LogP contribution in [0, 0.1) is 5.82 Å². The van der Waals surface area contributed by atoms with Crippen LogP contribution >= 0.6 is 11.6 Å². The molecule has 2 unspecified atom stereocenters. The number of rotatable bonds is 1. The number of anilines is 2. The minimum atomic E-state index is -0.484. The second kappa shape index (κ2) is 4.28. The van der Waals surface area contributed by atoms with E-state index in [9.17, 15) is 9.50 Å². The maximum absolute atomic E-state index is 13.3. The largest absolute Gasteiger partial charge is 0.397 e. The van der Waals surface area contributed by atoms with Crippen molar-refractivity contribution in [3.63, 3.8) is 0 Å². The van der Waals surface area contributed by atoms with E-state index in [1.807, 2.05) is 0 Å². The number of nitrogen functional groups attached to an aromatic ring is 1. The highest BCUT2D eigenvalue weighted by atomic mass is 35.5. The van der Waals surface area contributed by atoms with Crippen molar-refractivity contribution in [1.29, 1.82) is 0 Å². The Bertz CT molecular complexity index is 468. The molecule has 2 bridgehead atoms. The fraction of sp³-hybridized carbons (Fsp3) is 0.538. The van der Waals surface area contributed by atoms with Gasteiger partial charge in [0.15, 0.2) is 0 Å². The standard InChI is InChI=1S/C13H16ClFN2O/c14-10-5-13(12(16)6-11(10)15)17-7-1-2-8(17)4-9(18)3-7/h5-9,18H,1-4,16H2. The zero-order valence-electron chi connectivity index (χ0n) is 9.94. The molecule has 2 saturated heterocycles. The van der Waals surface area contributed by atoms with Crippen LogP contribution in [0.15, 0.2) is 12.1 Å². The molecule has 2 atom stereocenters. The number of nitrogens with zero attached hydrogens (tertiary/aromatic N) is 1. The first kappa shape index (κ1) is 12.1. The van der Waals surface area contributed by atoms with Crippen molar-refractivity contribution in [2.24, 2.45) is 0 Å². The molecular formula is C13H16ClFN2O. The van der Waals surface area contributed by atoms with Gasteiger partial charge in [-0.25, -0.2) is 4.39 Å². The summed E-state index contributed by atoms with van der Waals surface area (Å²) in [5.74, 6) is -0.484. The Morgan fingerprint density at radius 1 is 1.28 bits per heavy atom. The van der Waals surface area contributed by atoms with Crippen molar-refractivity contribution < 1.29 is 9.50 Å². The number of benzene rings is 1. The monoisotopic (exact) mass is 270 g/mol. The van der Waals surface area contributed by atoms with Gasteiger partial charge in [-0.2, -0.15) is 0 Å². The lowest BCUT2D eigenvalue weighted by Crippen LogP contribution is -2.45. The average Bonchev–Trinajstić information content (AvgIpc) is 2.56. The molecule has 18 heavy (non-hydrogen) atoms. The first-order valence-electron chi connectivity index (χ1n) is 6.27. The molecule has 1 aromatic rings. The number of nitrogens with two attached hydrogens (primary N) is 1. The van der Waals surface area contributed by atoms with Crippen molar-refractivity contribution in [3.05, 3.63) is 23.0 Å². The van der Waals surface area contributed by atoms with Gasteiger partial charge in [-0.3, -0.25) is 0 Å². The van der Waals surface area contributed by atoms with Crippen LogP contribution in [0.3, 0.4) is 0 Å². The molecule has 2 aliphatic heterocycles. The van der Waals surface area contributed by atoms with Gasteiger partial charge >= 0.3 is 0 Å². The van der Waals surface area contributed by atoms with Gasteiger partial charge < -0.3 is 15.7 Å². The summed E-state index contributed by atoms with van der Waals surface area (Å²) in [7, 11) is 0. The topological polar surface area (TPSA) is 49.5 Å². The van der Waals surface area contributed by atoms with Crippen LogP contribution in [-0.2, 0) is 0 Å². The van der Waals surface area contributed by atoms with E-state index in [2.05, 4.69) is 4.90 Å². The Labute approximate surface area is 110 Å². The van der Waals surface area contributed by atoms with E-state index in [0.29, 0.717) is 17.8 Å². The van der Waals surface area contributed by atoms with E-state index in [0.717, 1.165) is 31.4 Å². The summed E-state index contributed by atoms with van der Waals surface area (Å²) in [6.07, 6.45) is 3.39. The quantitative estimate of drug-likeness (QED) is 0.771. The van der Waals surface area contributed by atoms with Gasteiger partial charge in [0.05, 0.1) is 22.5 Å². The normalized spacial score (nSPS) is 30.8. The third-order valence-corrected chi connectivity index (χ3v) is 4.35. The molecule has 2 heterocycles. The molecule has 0 amide bonds. The zero-order chi connectivity index (χ0) is 12.9. The molecule has 0 radical (unpaired) electrons. The highest BCUT2D eigenvalue weighted by Gasteiger charge is 2.41. The second-order valence-electron chi connectivity index (χ2n) is 5.24. The number of hydrogen-bond donors (Lipinski definition) is 2. The smallest absolute Gasteiger partial charge is 0.143 e. The second-order valence-corrected chi connectivity index (χ2v) is 5.65. The predicted octanol–water partition coefficient (Wildman–Crippen LogP) is 2.55. The summed E-state index contributed by atoms with van der Waals surface area (Å²) in [5, 5.41) is 9.88. The lowest BCUT2D eigenvalue weighted by atomic mass is 9.98. The van der Waals surface area contributed by atoms with Gasteiger partial charge in [0, 0.05) is 18.2 Å². The molecule has 0 spiro atoms. The summed E-state index contributed by atoms with van der Waals surface area (Å²) in [6, 6.07) is 3.47. The number of halogens is 2. The van der Waals surface area contributed by atoms with Crippen LogP contribution in [-0.4, -0.2) is 23.3 Å². The van der Waals surface area contributed by atoms with Crippen LogP contribution in [0.5, 0.6) is 0 Å². The average molecular weight is 271 g/mol. The number of piperidine rings is 1. The predicted molar refractivity (Wildman–Crippen MR) is 70.4 cm³/mol. The Morgan fingerprint density at radius 2 is 1.89 bits per heavy atom. The third-order valence-electron chi connectivity index (χ3n) is 4.06. The van der Waals surface area contributed by atoms with E-state index in [-0.39, 0.29) is 11.1 Å². The molecule has 3 N–H and O–H groups in total. The van der Waals surface area contributed by atoms with Crippen molar-refractivity contribution in [3.8, 4) is 0 Å². The summed E-state index contributed by atoms with van der Waals surface area (Å²) in [6.45, 7) is 0. The molecule has 2 aliphatic rings.